The fraction of sp³-hybridized carbons (Fsp3) is 0.200. The highest BCUT2D eigenvalue weighted by molar-refractivity contribution is 6.03. The molecule has 20 heavy (non-hydrogen) atoms. The number of hydrogen-bond acceptors (Lipinski definition) is 3. The van der Waals surface area contributed by atoms with Gasteiger partial charge in [-0.05, 0) is 18.6 Å². The van der Waals surface area contributed by atoms with Gasteiger partial charge < -0.3 is 4.42 Å². The molecule has 4 nitrogen and oxygen atoms in total. The van der Waals surface area contributed by atoms with Gasteiger partial charge in [0.25, 0.3) is 0 Å². The molecule has 0 saturated carbocycles. The predicted molar refractivity (Wildman–Crippen MR) is 69.2 cm³/mol. The molecule has 2 amide bonds. The van der Waals surface area contributed by atoms with Crippen molar-refractivity contribution in [3.63, 3.8) is 0 Å². The van der Waals surface area contributed by atoms with E-state index in [1.807, 2.05) is 0 Å². The first-order valence-electron chi connectivity index (χ1n) is 6.11. The number of fused-ring (bicyclic) bond motifs is 1. The lowest BCUT2D eigenvalue weighted by atomic mass is 9.90. The van der Waals surface area contributed by atoms with Gasteiger partial charge in [-0.15, -0.1) is 6.42 Å². The monoisotopic (exact) mass is 271 g/mol. The van der Waals surface area contributed by atoms with Crippen molar-refractivity contribution in [1.29, 1.82) is 0 Å². The normalized spacial score (nSPS) is 18.9. The van der Waals surface area contributed by atoms with Crippen LogP contribution < -0.4 is 5.32 Å². The zero-order valence-corrected chi connectivity index (χ0v) is 10.4. The number of terminal acetylenes is 1. The van der Waals surface area contributed by atoms with Crippen LogP contribution in [0.5, 0.6) is 0 Å². The largest absolute Gasteiger partial charge is 0.463 e. The van der Waals surface area contributed by atoms with E-state index in [1.165, 1.54) is 18.4 Å². The minimum Gasteiger partial charge on any atom is -0.463 e. The Morgan fingerprint density at radius 3 is 2.90 bits per heavy atom. The van der Waals surface area contributed by atoms with E-state index in [4.69, 9.17) is 10.8 Å². The molecule has 1 unspecified atom stereocenters. The number of halogens is 1. The number of rotatable bonds is 1. The maximum absolute atomic E-state index is 13.6. The quantitative estimate of drug-likeness (QED) is 0.638. The molecular weight excluding hydrogens is 261 g/mol. The number of nitrogens with one attached hydrogen (secondary N) is 1. The molecule has 3 rings (SSSR count). The Balaban J connectivity index is 2.12. The number of benzene rings is 1. The number of furan rings is 1. The Hall–Kier alpha value is -2.61. The molecule has 2 heterocycles. The third kappa shape index (κ3) is 1.77. The summed E-state index contributed by atoms with van der Waals surface area (Å²) in [5.74, 6) is 0.582. The van der Waals surface area contributed by atoms with Crippen LogP contribution in [-0.4, -0.2) is 11.8 Å². The minimum atomic E-state index is -0.538. The molecule has 0 radical (unpaired) electrons. The van der Waals surface area contributed by atoms with Crippen molar-refractivity contribution in [3.05, 3.63) is 35.3 Å². The van der Waals surface area contributed by atoms with Gasteiger partial charge in [0.05, 0.1) is 12.2 Å². The van der Waals surface area contributed by atoms with Crippen molar-refractivity contribution >= 4 is 22.8 Å². The lowest BCUT2D eigenvalue weighted by molar-refractivity contribution is -0.134. The third-order valence-corrected chi connectivity index (χ3v) is 3.48. The highest BCUT2D eigenvalue weighted by atomic mass is 19.1. The summed E-state index contributed by atoms with van der Waals surface area (Å²) in [6.45, 7) is 0. The van der Waals surface area contributed by atoms with Crippen LogP contribution in [0.15, 0.2) is 22.8 Å². The van der Waals surface area contributed by atoms with Crippen LogP contribution in [0, 0.1) is 18.2 Å². The first-order chi connectivity index (χ1) is 9.61. The smallest absolute Gasteiger partial charge is 0.234 e. The standard InChI is InChI=1S/C15H10FNO3/c1-2-8-12(16)5-3-9-11(7-20-14(8)9)10-4-6-13(18)17-15(10)19/h1,3,5,7,10H,4,6H2,(H,17,18,19). The van der Waals surface area contributed by atoms with Crippen LogP contribution >= 0.6 is 0 Å². The zero-order chi connectivity index (χ0) is 14.3. The van der Waals surface area contributed by atoms with Gasteiger partial charge in [0, 0.05) is 17.4 Å². The van der Waals surface area contributed by atoms with Crippen LogP contribution in [-0.2, 0) is 9.59 Å². The summed E-state index contributed by atoms with van der Waals surface area (Å²) in [5, 5.41) is 2.89. The first kappa shape index (κ1) is 12.4. The molecule has 0 bridgehead atoms. The summed E-state index contributed by atoms with van der Waals surface area (Å²) in [6.07, 6.45) is 7.36. The Kier molecular flexibility index (Phi) is 2.79. The van der Waals surface area contributed by atoms with E-state index in [0.717, 1.165) is 0 Å². The van der Waals surface area contributed by atoms with Crippen molar-refractivity contribution in [2.45, 2.75) is 18.8 Å². The predicted octanol–water partition coefficient (Wildman–Crippen LogP) is 2.07. The third-order valence-electron chi connectivity index (χ3n) is 3.48. The summed E-state index contributed by atoms with van der Waals surface area (Å²) < 4.78 is 18.9. The van der Waals surface area contributed by atoms with Crippen LogP contribution in [0.1, 0.15) is 29.9 Å². The fourth-order valence-corrected chi connectivity index (χ4v) is 2.49. The Bertz CT molecular complexity index is 769. The van der Waals surface area contributed by atoms with E-state index in [0.29, 0.717) is 17.4 Å². The van der Waals surface area contributed by atoms with E-state index < -0.39 is 11.7 Å². The summed E-state index contributed by atoms with van der Waals surface area (Å²) in [4.78, 5) is 23.0. The van der Waals surface area contributed by atoms with Crippen molar-refractivity contribution in [2.24, 2.45) is 0 Å². The van der Waals surface area contributed by atoms with Gasteiger partial charge in [0.2, 0.25) is 11.8 Å². The number of imide groups is 1. The second-order valence-corrected chi connectivity index (χ2v) is 4.64. The van der Waals surface area contributed by atoms with E-state index in [1.54, 1.807) is 0 Å². The SMILES string of the molecule is C#Cc1c(F)ccc2c(C3CCC(=O)NC3=O)coc12. The highest BCUT2D eigenvalue weighted by Crippen LogP contribution is 2.34. The molecule has 1 fully saturated rings. The van der Waals surface area contributed by atoms with Crippen LogP contribution in [0.25, 0.3) is 11.0 Å². The van der Waals surface area contributed by atoms with E-state index in [-0.39, 0.29) is 29.4 Å². The lowest BCUT2D eigenvalue weighted by Gasteiger charge is -2.19. The summed E-state index contributed by atoms with van der Waals surface area (Å²) in [7, 11) is 0. The van der Waals surface area contributed by atoms with Gasteiger partial charge in [0.1, 0.15) is 11.4 Å². The lowest BCUT2D eigenvalue weighted by Crippen LogP contribution is -2.39. The molecule has 1 aromatic carbocycles. The molecule has 1 saturated heterocycles. The Morgan fingerprint density at radius 2 is 2.20 bits per heavy atom. The second-order valence-electron chi connectivity index (χ2n) is 4.64. The first-order valence-corrected chi connectivity index (χ1v) is 6.11. The van der Waals surface area contributed by atoms with Crippen molar-refractivity contribution in [3.8, 4) is 12.3 Å². The van der Waals surface area contributed by atoms with Crippen LogP contribution in [0.3, 0.4) is 0 Å². The van der Waals surface area contributed by atoms with Crippen molar-refractivity contribution < 1.29 is 18.4 Å². The molecular formula is C15H10FNO3. The van der Waals surface area contributed by atoms with E-state index >= 15 is 0 Å². The number of carbonyl (C=O) groups excluding carboxylic acids is 2. The van der Waals surface area contributed by atoms with E-state index in [9.17, 15) is 14.0 Å². The molecule has 100 valence electrons. The summed E-state index contributed by atoms with van der Waals surface area (Å²) >= 11 is 0. The van der Waals surface area contributed by atoms with E-state index in [2.05, 4.69) is 11.2 Å². The Morgan fingerprint density at radius 1 is 1.40 bits per heavy atom. The second kappa shape index (κ2) is 4.49. The Labute approximate surface area is 113 Å². The molecule has 1 aliphatic rings. The number of amides is 2. The van der Waals surface area contributed by atoms with Crippen LogP contribution in [0.4, 0.5) is 4.39 Å². The van der Waals surface area contributed by atoms with Gasteiger partial charge >= 0.3 is 0 Å². The van der Waals surface area contributed by atoms with Gasteiger partial charge in [-0.25, -0.2) is 4.39 Å². The number of carbonyl (C=O) groups is 2. The average molecular weight is 271 g/mol. The number of piperidine rings is 1. The van der Waals surface area contributed by atoms with Crippen molar-refractivity contribution in [2.75, 3.05) is 0 Å². The number of hydrogen-bond donors (Lipinski definition) is 1. The molecule has 2 aromatic rings. The summed E-state index contributed by atoms with van der Waals surface area (Å²) in [6, 6.07) is 2.79. The molecule has 1 atom stereocenters. The maximum atomic E-state index is 13.6. The molecule has 0 aliphatic carbocycles. The molecule has 1 N–H and O–H groups in total. The van der Waals surface area contributed by atoms with Crippen LogP contribution in [0.2, 0.25) is 0 Å². The average Bonchev–Trinajstić information content (AvgIpc) is 2.82. The maximum Gasteiger partial charge on any atom is 0.234 e. The molecule has 0 spiro atoms. The van der Waals surface area contributed by atoms with Gasteiger partial charge in [-0.3, -0.25) is 14.9 Å². The molecule has 1 aliphatic heterocycles. The molecule has 1 aromatic heterocycles. The van der Waals surface area contributed by atoms with Gasteiger partial charge in [-0.2, -0.15) is 0 Å². The minimum absolute atomic E-state index is 0.0426. The highest BCUT2D eigenvalue weighted by Gasteiger charge is 2.30. The van der Waals surface area contributed by atoms with Gasteiger partial charge in [-0.1, -0.05) is 5.92 Å². The zero-order valence-electron chi connectivity index (χ0n) is 10.4. The fourth-order valence-electron chi connectivity index (χ4n) is 2.49. The van der Waals surface area contributed by atoms with Gasteiger partial charge in [0.15, 0.2) is 5.58 Å². The van der Waals surface area contributed by atoms with Crippen molar-refractivity contribution in [1.82, 2.24) is 5.32 Å². The summed E-state index contributed by atoms with van der Waals surface area (Å²) in [5.41, 5.74) is 0.926. The molecule has 5 heteroatoms. The topological polar surface area (TPSA) is 59.3 Å².